The number of aliphatic imine (C=N–C) groups is 1. The Morgan fingerprint density at radius 1 is 1.24 bits per heavy atom. The zero-order valence-corrected chi connectivity index (χ0v) is 12.0. The Hall–Kier alpha value is -2.56. The van der Waals surface area contributed by atoms with Crippen molar-refractivity contribution >= 4 is 17.2 Å². The molecule has 1 aliphatic rings. The summed E-state index contributed by atoms with van der Waals surface area (Å²) in [5.41, 5.74) is 8.55. The van der Waals surface area contributed by atoms with Crippen LogP contribution in [0, 0.1) is 0 Å². The number of likely N-dealkylation sites (N-methyl/N-ethyl adjacent to an activating group) is 1. The Kier molecular flexibility index (Phi) is 3.73. The number of nitrogens with zero attached hydrogens (tertiary/aromatic N) is 3. The van der Waals surface area contributed by atoms with E-state index in [1.807, 2.05) is 49.8 Å². The molecule has 3 rings (SSSR count). The predicted octanol–water partition coefficient (Wildman–Crippen LogP) is 2.26. The summed E-state index contributed by atoms with van der Waals surface area (Å²) in [6.07, 6.45) is 4.58. The van der Waals surface area contributed by atoms with Gasteiger partial charge in [-0.25, -0.2) is 4.99 Å². The van der Waals surface area contributed by atoms with Crippen molar-refractivity contribution in [3.8, 4) is 5.75 Å². The summed E-state index contributed by atoms with van der Waals surface area (Å²) in [4.78, 5) is 10.8. The number of amidine groups is 1. The number of hydrogen-bond donors (Lipinski definition) is 1. The molecule has 1 aliphatic heterocycles. The van der Waals surface area contributed by atoms with Crippen molar-refractivity contribution in [2.45, 2.75) is 6.42 Å². The molecule has 0 saturated carbocycles. The standard InChI is InChI=1S/C16H18N4O/c1-20(9-6-12-4-7-18-8-5-12)16-11-21-15-3-2-13(17)10-14(15)19-16/h2-5,7-8,10H,6,9,11,17H2,1H3. The number of aromatic nitrogens is 1. The molecule has 2 aromatic rings. The summed E-state index contributed by atoms with van der Waals surface area (Å²) in [5.74, 6) is 1.71. The van der Waals surface area contributed by atoms with Gasteiger partial charge in [0.05, 0.1) is 0 Å². The van der Waals surface area contributed by atoms with E-state index in [1.165, 1.54) is 5.56 Å². The van der Waals surface area contributed by atoms with Gasteiger partial charge >= 0.3 is 0 Å². The van der Waals surface area contributed by atoms with Crippen LogP contribution < -0.4 is 10.5 Å². The van der Waals surface area contributed by atoms with E-state index >= 15 is 0 Å². The summed E-state index contributed by atoms with van der Waals surface area (Å²) in [5, 5.41) is 0. The van der Waals surface area contributed by atoms with Gasteiger partial charge in [0.2, 0.25) is 0 Å². The Labute approximate surface area is 124 Å². The highest BCUT2D eigenvalue weighted by Gasteiger charge is 2.16. The third-order valence-electron chi connectivity index (χ3n) is 3.52. The summed E-state index contributed by atoms with van der Waals surface area (Å²) in [6, 6.07) is 9.59. The number of benzene rings is 1. The van der Waals surface area contributed by atoms with Crippen LogP contribution in [0.1, 0.15) is 5.56 Å². The maximum atomic E-state index is 5.79. The average molecular weight is 282 g/mol. The lowest BCUT2D eigenvalue weighted by Gasteiger charge is -2.25. The predicted molar refractivity (Wildman–Crippen MR) is 84.0 cm³/mol. The fraction of sp³-hybridized carbons (Fsp3) is 0.250. The Bertz CT molecular complexity index is 655. The summed E-state index contributed by atoms with van der Waals surface area (Å²) < 4.78 is 5.73. The second-order valence-electron chi connectivity index (χ2n) is 5.07. The van der Waals surface area contributed by atoms with Crippen LogP contribution in [0.5, 0.6) is 5.75 Å². The number of nitrogen functional groups attached to an aromatic ring is 1. The van der Waals surface area contributed by atoms with E-state index in [4.69, 9.17) is 10.5 Å². The first-order valence-corrected chi connectivity index (χ1v) is 6.92. The number of fused-ring (bicyclic) bond motifs is 1. The zero-order valence-electron chi connectivity index (χ0n) is 12.0. The summed E-state index contributed by atoms with van der Waals surface area (Å²) in [6.45, 7) is 1.37. The van der Waals surface area contributed by atoms with E-state index in [9.17, 15) is 0 Å². The van der Waals surface area contributed by atoms with Crippen molar-refractivity contribution < 1.29 is 4.74 Å². The smallest absolute Gasteiger partial charge is 0.146 e. The molecule has 108 valence electrons. The first-order valence-electron chi connectivity index (χ1n) is 6.92. The molecule has 1 aromatic heterocycles. The van der Waals surface area contributed by atoms with Gasteiger partial charge in [0.1, 0.15) is 23.9 Å². The van der Waals surface area contributed by atoms with Gasteiger partial charge in [0, 0.05) is 31.7 Å². The molecule has 0 saturated heterocycles. The Morgan fingerprint density at radius 3 is 2.86 bits per heavy atom. The Morgan fingerprint density at radius 2 is 2.05 bits per heavy atom. The van der Waals surface area contributed by atoms with Gasteiger partial charge in [0.15, 0.2) is 0 Å². The molecule has 0 aliphatic carbocycles. The molecular formula is C16H18N4O. The van der Waals surface area contributed by atoms with Gasteiger partial charge in [-0.3, -0.25) is 4.98 Å². The molecule has 5 heteroatoms. The number of hydrogen-bond acceptors (Lipinski definition) is 5. The van der Waals surface area contributed by atoms with Crippen LogP contribution in [0.3, 0.4) is 0 Å². The Balaban J connectivity index is 1.69. The number of ether oxygens (including phenoxy) is 1. The molecule has 5 nitrogen and oxygen atoms in total. The average Bonchev–Trinajstić information content (AvgIpc) is 2.53. The monoisotopic (exact) mass is 282 g/mol. The van der Waals surface area contributed by atoms with Crippen molar-refractivity contribution in [1.29, 1.82) is 0 Å². The third-order valence-corrected chi connectivity index (χ3v) is 3.52. The van der Waals surface area contributed by atoms with Crippen molar-refractivity contribution in [2.75, 3.05) is 25.9 Å². The molecule has 0 fully saturated rings. The second-order valence-corrected chi connectivity index (χ2v) is 5.07. The van der Waals surface area contributed by atoms with E-state index in [0.717, 1.165) is 30.2 Å². The molecule has 21 heavy (non-hydrogen) atoms. The van der Waals surface area contributed by atoms with Crippen LogP contribution in [0.4, 0.5) is 11.4 Å². The van der Waals surface area contributed by atoms with E-state index < -0.39 is 0 Å². The molecule has 0 spiro atoms. The number of pyridine rings is 1. The van der Waals surface area contributed by atoms with Gasteiger partial charge in [-0.2, -0.15) is 0 Å². The highest BCUT2D eigenvalue weighted by atomic mass is 16.5. The van der Waals surface area contributed by atoms with Crippen LogP contribution in [0.2, 0.25) is 0 Å². The van der Waals surface area contributed by atoms with Gasteiger partial charge in [-0.15, -0.1) is 0 Å². The zero-order chi connectivity index (χ0) is 14.7. The maximum absolute atomic E-state index is 5.79. The van der Waals surface area contributed by atoms with E-state index in [1.54, 1.807) is 0 Å². The molecule has 1 aromatic carbocycles. The minimum Gasteiger partial charge on any atom is -0.483 e. The van der Waals surface area contributed by atoms with Gasteiger partial charge < -0.3 is 15.4 Å². The number of anilines is 1. The first kappa shape index (κ1) is 13.4. The molecule has 0 atom stereocenters. The third kappa shape index (κ3) is 3.13. The van der Waals surface area contributed by atoms with Crippen LogP contribution in [-0.2, 0) is 6.42 Å². The molecule has 0 unspecified atom stereocenters. The summed E-state index contributed by atoms with van der Waals surface area (Å²) in [7, 11) is 2.03. The van der Waals surface area contributed by atoms with Gasteiger partial charge in [0.25, 0.3) is 0 Å². The fourth-order valence-electron chi connectivity index (χ4n) is 2.23. The largest absolute Gasteiger partial charge is 0.483 e. The van der Waals surface area contributed by atoms with Gasteiger partial charge in [-0.05, 0) is 42.3 Å². The number of rotatable bonds is 3. The molecule has 2 N–H and O–H groups in total. The van der Waals surface area contributed by atoms with Crippen molar-refractivity contribution in [2.24, 2.45) is 4.99 Å². The second kappa shape index (κ2) is 5.83. The van der Waals surface area contributed by atoms with Crippen molar-refractivity contribution in [3.05, 3.63) is 48.3 Å². The topological polar surface area (TPSA) is 63.7 Å². The normalized spacial score (nSPS) is 13.1. The fourth-order valence-corrected chi connectivity index (χ4v) is 2.23. The summed E-state index contributed by atoms with van der Waals surface area (Å²) >= 11 is 0. The molecule has 0 bridgehead atoms. The highest BCUT2D eigenvalue weighted by molar-refractivity contribution is 5.89. The van der Waals surface area contributed by atoms with Crippen LogP contribution in [-0.4, -0.2) is 35.9 Å². The quantitative estimate of drug-likeness (QED) is 0.877. The van der Waals surface area contributed by atoms with Crippen LogP contribution >= 0.6 is 0 Å². The van der Waals surface area contributed by atoms with Crippen LogP contribution in [0.25, 0.3) is 0 Å². The molecule has 0 radical (unpaired) electrons. The molecular weight excluding hydrogens is 264 g/mol. The van der Waals surface area contributed by atoms with Crippen molar-refractivity contribution in [1.82, 2.24) is 9.88 Å². The molecule has 2 heterocycles. The highest BCUT2D eigenvalue weighted by Crippen LogP contribution is 2.32. The first-order chi connectivity index (χ1) is 10.2. The van der Waals surface area contributed by atoms with E-state index in [0.29, 0.717) is 12.3 Å². The lowest BCUT2D eigenvalue weighted by molar-refractivity contribution is 0.345. The van der Waals surface area contributed by atoms with E-state index in [2.05, 4.69) is 14.9 Å². The van der Waals surface area contributed by atoms with Crippen LogP contribution in [0.15, 0.2) is 47.7 Å². The van der Waals surface area contributed by atoms with E-state index in [-0.39, 0.29) is 0 Å². The van der Waals surface area contributed by atoms with Crippen molar-refractivity contribution in [3.63, 3.8) is 0 Å². The lowest BCUT2D eigenvalue weighted by Crippen LogP contribution is -2.34. The SMILES string of the molecule is CN(CCc1ccncc1)C1=Nc2cc(N)ccc2OC1. The van der Waals surface area contributed by atoms with Gasteiger partial charge in [-0.1, -0.05) is 0 Å². The number of nitrogens with two attached hydrogens (primary N) is 1. The molecule has 0 amide bonds. The maximum Gasteiger partial charge on any atom is 0.146 e. The lowest BCUT2D eigenvalue weighted by atomic mass is 10.2. The minimum absolute atomic E-state index is 0.490. The minimum atomic E-state index is 0.490.